The summed E-state index contributed by atoms with van der Waals surface area (Å²) in [5, 5.41) is 10.7. The summed E-state index contributed by atoms with van der Waals surface area (Å²) in [6.45, 7) is 3.52. The Balaban J connectivity index is 1.74. The number of ether oxygens (including phenoxy) is 2. The molecule has 2 aromatic carbocycles. The van der Waals surface area contributed by atoms with Crippen LogP contribution in [-0.4, -0.2) is 26.7 Å². The van der Waals surface area contributed by atoms with Crippen molar-refractivity contribution in [1.29, 1.82) is 0 Å². The van der Waals surface area contributed by atoms with Crippen LogP contribution in [0.5, 0.6) is 17.2 Å². The SMILES string of the molecule is Cc1c(Oc2ccc(Cl)cc2)c2ccc(Cl)nc2n1Cc1ccc(F)c(O[C@@H](C)C(=O)O)c1. The number of carbonyl (C=O) groups is 1. The van der Waals surface area contributed by atoms with E-state index in [9.17, 15) is 9.18 Å². The number of carboxylic acids is 1. The Bertz CT molecular complexity index is 1340. The molecule has 0 aliphatic rings. The third-order valence-electron chi connectivity index (χ3n) is 5.10. The zero-order valence-electron chi connectivity index (χ0n) is 17.7. The molecule has 0 radical (unpaired) electrons. The van der Waals surface area contributed by atoms with Crippen molar-refractivity contribution in [2.45, 2.75) is 26.5 Å². The molecular weight excluding hydrogens is 470 g/mol. The predicted molar refractivity (Wildman–Crippen MR) is 124 cm³/mol. The summed E-state index contributed by atoms with van der Waals surface area (Å²) in [7, 11) is 0. The van der Waals surface area contributed by atoms with Gasteiger partial charge in [-0.1, -0.05) is 29.3 Å². The molecule has 2 heterocycles. The molecule has 0 amide bonds. The van der Waals surface area contributed by atoms with E-state index in [0.717, 1.165) is 11.1 Å². The van der Waals surface area contributed by atoms with E-state index in [4.69, 9.17) is 37.8 Å². The minimum atomic E-state index is -1.19. The number of aromatic nitrogens is 2. The lowest BCUT2D eigenvalue weighted by Gasteiger charge is -2.14. The molecule has 0 unspecified atom stereocenters. The van der Waals surface area contributed by atoms with Gasteiger partial charge in [-0.3, -0.25) is 0 Å². The molecule has 0 saturated carbocycles. The summed E-state index contributed by atoms with van der Waals surface area (Å²) in [4.78, 5) is 15.6. The van der Waals surface area contributed by atoms with Crippen molar-refractivity contribution in [3.63, 3.8) is 0 Å². The number of pyridine rings is 1. The molecule has 2 aromatic heterocycles. The van der Waals surface area contributed by atoms with Gasteiger partial charge in [0.25, 0.3) is 0 Å². The number of hydrogen-bond donors (Lipinski definition) is 1. The lowest BCUT2D eigenvalue weighted by molar-refractivity contribution is -0.144. The molecule has 0 bridgehead atoms. The number of aliphatic carboxylic acids is 1. The average molecular weight is 489 g/mol. The fraction of sp³-hybridized carbons (Fsp3) is 0.167. The largest absolute Gasteiger partial charge is 0.479 e. The molecule has 1 N–H and O–H groups in total. The van der Waals surface area contributed by atoms with Gasteiger partial charge < -0.3 is 19.1 Å². The van der Waals surface area contributed by atoms with Crippen LogP contribution in [-0.2, 0) is 11.3 Å². The number of nitrogens with zero attached hydrogens (tertiary/aromatic N) is 2. The van der Waals surface area contributed by atoms with Gasteiger partial charge in [0.2, 0.25) is 0 Å². The molecule has 4 rings (SSSR count). The maximum absolute atomic E-state index is 14.2. The van der Waals surface area contributed by atoms with Gasteiger partial charge in [0.15, 0.2) is 23.4 Å². The number of fused-ring (bicyclic) bond motifs is 1. The highest BCUT2D eigenvalue weighted by Gasteiger charge is 2.20. The molecule has 0 aliphatic carbocycles. The fourth-order valence-electron chi connectivity index (χ4n) is 3.39. The van der Waals surface area contributed by atoms with Crippen LogP contribution in [0.25, 0.3) is 11.0 Å². The number of halogens is 3. The number of carboxylic acid groups (broad SMARTS) is 1. The van der Waals surface area contributed by atoms with E-state index < -0.39 is 17.9 Å². The zero-order chi connectivity index (χ0) is 23.7. The Morgan fingerprint density at radius 1 is 1.15 bits per heavy atom. The van der Waals surface area contributed by atoms with Gasteiger partial charge in [-0.15, -0.1) is 0 Å². The molecule has 0 fully saturated rings. The summed E-state index contributed by atoms with van der Waals surface area (Å²) in [6.07, 6.45) is -1.19. The number of rotatable bonds is 7. The van der Waals surface area contributed by atoms with E-state index in [1.807, 2.05) is 17.6 Å². The molecular formula is C24H19Cl2FN2O4. The van der Waals surface area contributed by atoms with Crippen molar-refractivity contribution < 1.29 is 23.8 Å². The highest BCUT2D eigenvalue weighted by Crippen LogP contribution is 2.37. The van der Waals surface area contributed by atoms with Gasteiger partial charge in [-0.2, -0.15) is 0 Å². The van der Waals surface area contributed by atoms with Crippen LogP contribution in [0.3, 0.4) is 0 Å². The van der Waals surface area contributed by atoms with Crippen LogP contribution in [0.1, 0.15) is 18.2 Å². The normalized spacial score (nSPS) is 12.0. The van der Waals surface area contributed by atoms with E-state index in [2.05, 4.69) is 4.98 Å². The molecule has 9 heteroatoms. The molecule has 170 valence electrons. The molecule has 6 nitrogen and oxygen atoms in total. The van der Waals surface area contributed by atoms with Gasteiger partial charge in [-0.05, 0) is 67.9 Å². The van der Waals surface area contributed by atoms with Gasteiger partial charge in [0, 0.05) is 11.6 Å². The summed E-state index contributed by atoms with van der Waals surface area (Å²) in [5.41, 5.74) is 2.05. The maximum Gasteiger partial charge on any atom is 0.344 e. The van der Waals surface area contributed by atoms with Gasteiger partial charge in [0.05, 0.1) is 11.1 Å². The first-order chi connectivity index (χ1) is 15.7. The Morgan fingerprint density at radius 2 is 1.88 bits per heavy atom. The first kappa shape index (κ1) is 22.9. The van der Waals surface area contributed by atoms with Crippen molar-refractivity contribution in [3.8, 4) is 17.2 Å². The van der Waals surface area contributed by atoms with Crippen LogP contribution in [0.15, 0.2) is 54.6 Å². The van der Waals surface area contributed by atoms with Crippen LogP contribution in [0.2, 0.25) is 10.2 Å². The first-order valence-electron chi connectivity index (χ1n) is 9.99. The first-order valence-corrected chi connectivity index (χ1v) is 10.7. The predicted octanol–water partition coefficient (Wildman–Crippen LogP) is 6.48. The molecule has 0 saturated heterocycles. The van der Waals surface area contributed by atoms with Crippen LogP contribution >= 0.6 is 23.2 Å². The van der Waals surface area contributed by atoms with Crippen LogP contribution in [0.4, 0.5) is 4.39 Å². The number of benzene rings is 2. The molecule has 1 atom stereocenters. The Morgan fingerprint density at radius 3 is 2.58 bits per heavy atom. The van der Waals surface area contributed by atoms with Crippen molar-refractivity contribution in [2.24, 2.45) is 0 Å². The van der Waals surface area contributed by atoms with Crippen LogP contribution in [0, 0.1) is 12.7 Å². The monoisotopic (exact) mass is 488 g/mol. The second-order valence-electron chi connectivity index (χ2n) is 7.42. The average Bonchev–Trinajstić information content (AvgIpc) is 3.02. The van der Waals surface area contributed by atoms with Crippen molar-refractivity contribution in [1.82, 2.24) is 9.55 Å². The molecule has 33 heavy (non-hydrogen) atoms. The van der Waals surface area contributed by atoms with E-state index >= 15 is 0 Å². The molecule has 4 aromatic rings. The Hall–Kier alpha value is -3.29. The Kier molecular flexibility index (Phi) is 6.44. The molecule has 0 spiro atoms. The third kappa shape index (κ3) is 4.89. The van der Waals surface area contributed by atoms with Crippen molar-refractivity contribution >= 4 is 40.2 Å². The van der Waals surface area contributed by atoms with Crippen molar-refractivity contribution in [2.75, 3.05) is 0 Å². The molecule has 0 aliphatic heterocycles. The second-order valence-corrected chi connectivity index (χ2v) is 8.25. The van der Waals surface area contributed by atoms with E-state index in [1.165, 1.54) is 19.1 Å². The fourth-order valence-corrected chi connectivity index (χ4v) is 3.66. The minimum absolute atomic E-state index is 0.139. The third-order valence-corrected chi connectivity index (χ3v) is 5.56. The Labute approximate surface area is 199 Å². The van der Waals surface area contributed by atoms with E-state index in [0.29, 0.717) is 39.4 Å². The summed E-state index contributed by atoms with van der Waals surface area (Å²) >= 11 is 12.1. The zero-order valence-corrected chi connectivity index (χ0v) is 19.2. The maximum atomic E-state index is 14.2. The van der Waals surface area contributed by atoms with Crippen molar-refractivity contribution in [3.05, 3.63) is 81.8 Å². The second kappa shape index (κ2) is 9.29. The van der Waals surface area contributed by atoms with Gasteiger partial charge in [-0.25, -0.2) is 14.2 Å². The topological polar surface area (TPSA) is 73.6 Å². The standard InChI is InChI=1S/C24H19Cl2FN2O4/c1-13-22(33-17-6-4-16(25)5-7-17)18-8-10-21(26)28-23(18)29(13)12-15-3-9-19(27)20(11-15)32-14(2)24(30)31/h3-11,14H,12H2,1-2H3,(H,30,31)/t14-/m0/s1. The van der Waals surface area contributed by atoms with E-state index in [-0.39, 0.29) is 5.75 Å². The highest BCUT2D eigenvalue weighted by molar-refractivity contribution is 6.30. The van der Waals surface area contributed by atoms with Gasteiger partial charge >= 0.3 is 5.97 Å². The van der Waals surface area contributed by atoms with Crippen LogP contribution < -0.4 is 9.47 Å². The van der Waals surface area contributed by atoms with Gasteiger partial charge in [0.1, 0.15) is 16.5 Å². The lowest BCUT2D eigenvalue weighted by Crippen LogP contribution is -2.23. The summed E-state index contributed by atoms with van der Waals surface area (Å²) in [6, 6.07) is 14.8. The summed E-state index contributed by atoms with van der Waals surface area (Å²) < 4.78 is 27.5. The minimum Gasteiger partial charge on any atom is -0.479 e. The lowest BCUT2D eigenvalue weighted by atomic mass is 10.2. The number of hydrogen-bond acceptors (Lipinski definition) is 4. The summed E-state index contributed by atoms with van der Waals surface area (Å²) in [5.74, 6) is -0.755. The quantitative estimate of drug-likeness (QED) is 0.301. The van der Waals surface area contributed by atoms with E-state index in [1.54, 1.807) is 36.4 Å². The smallest absolute Gasteiger partial charge is 0.344 e. The highest BCUT2D eigenvalue weighted by atomic mass is 35.5.